The first-order valence-electron chi connectivity index (χ1n) is 6.57. The van der Waals surface area contributed by atoms with E-state index in [9.17, 15) is 4.79 Å². The van der Waals surface area contributed by atoms with Crippen molar-refractivity contribution in [3.05, 3.63) is 22.7 Å². The van der Waals surface area contributed by atoms with Crippen molar-refractivity contribution in [3.8, 4) is 5.75 Å². The second-order valence-corrected chi connectivity index (χ2v) is 5.68. The number of halogens is 1. The third kappa shape index (κ3) is 5.79. The Labute approximate surface area is 127 Å². The molecule has 0 unspecified atom stereocenters. The Bertz CT molecular complexity index is 452. The van der Waals surface area contributed by atoms with Crippen molar-refractivity contribution in [1.29, 1.82) is 0 Å². The molecule has 0 aliphatic carbocycles. The topological polar surface area (TPSA) is 70.6 Å². The van der Waals surface area contributed by atoms with Crippen molar-refractivity contribution < 1.29 is 14.6 Å². The van der Waals surface area contributed by atoms with E-state index in [2.05, 4.69) is 26.6 Å². The normalized spacial score (nSPS) is 12.1. The molecule has 3 N–H and O–H groups in total. The lowest BCUT2D eigenvalue weighted by Crippen LogP contribution is -2.36. The number of amides is 2. The minimum atomic E-state index is -0.296. The number of carbonyl (C=O) groups excluding carboxylic acids is 1. The lowest BCUT2D eigenvalue weighted by Gasteiger charge is -2.15. The van der Waals surface area contributed by atoms with E-state index in [0.717, 1.165) is 10.2 Å². The van der Waals surface area contributed by atoms with Gasteiger partial charge in [0.25, 0.3) is 0 Å². The van der Waals surface area contributed by atoms with Gasteiger partial charge in [-0.25, -0.2) is 4.79 Å². The summed E-state index contributed by atoms with van der Waals surface area (Å²) in [5.74, 6) is 0.736. The lowest BCUT2D eigenvalue weighted by molar-refractivity contribution is 0.239. The van der Waals surface area contributed by atoms with Crippen LogP contribution in [0.4, 0.5) is 10.5 Å². The van der Waals surface area contributed by atoms with Gasteiger partial charge in [-0.3, -0.25) is 0 Å². The van der Waals surface area contributed by atoms with Crippen molar-refractivity contribution in [2.24, 2.45) is 0 Å². The summed E-state index contributed by atoms with van der Waals surface area (Å²) < 4.78 is 6.38. The molecule has 1 aromatic carbocycles. The Morgan fingerprint density at radius 1 is 1.40 bits per heavy atom. The molecule has 0 bridgehead atoms. The van der Waals surface area contributed by atoms with Crippen molar-refractivity contribution in [2.45, 2.75) is 39.3 Å². The molecule has 0 spiro atoms. The summed E-state index contributed by atoms with van der Waals surface area (Å²) >= 11 is 3.41. The van der Waals surface area contributed by atoms with Gasteiger partial charge in [0.05, 0.1) is 10.6 Å². The average Bonchev–Trinajstić information content (AvgIpc) is 2.32. The van der Waals surface area contributed by atoms with Gasteiger partial charge in [0.1, 0.15) is 5.75 Å². The average molecular weight is 345 g/mol. The van der Waals surface area contributed by atoms with E-state index >= 15 is 0 Å². The third-order valence-electron chi connectivity index (χ3n) is 2.49. The zero-order valence-electron chi connectivity index (χ0n) is 11.9. The van der Waals surface area contributed by atoms with Crippen molar-refractivity contribution >= 4 is 27.6 Å². The summed E-state index contributed by atoms with van der Waals surface area (Å²) in [5.41, 5.74) is 0.668. The number of ether oxygens (including phenoxy) is 1. The summed E-state index contributed by atoms with van der Waals surface area (Å²) in [4.78, 5) is 11.7. The third-order valence-corrected chi connectivity index (χ3v) is 3.11. The van der Waals surface area contributed by atoms with Gasteiger partial charge in [-0.05, 0) is 61.3 Å². The molecule has 20 heavy (non-hydrogen) atoms. The standard InChI is InChI=1S/C14H21BrN2O3/c1-9(2)20-13-5-4-11(8-12(13)15)17-14(19)16-10(3)6-7-18/h4-5,8-10,18H,6-7H2,1-3H3,(H2,16,17,19)/t10-/m1/s1. The van der Waals surface area contributed by atoms with Crippen LogP contribution >= 0.6 is 15.9 Å². The fourth-order valence-electron chi connectivity index (χ4n) is 1.58. The minimum absolute atomic E-state index is 0.0498. The van der Waals surface area contributed by atoms with Gasteiger partial charge in [0.2, 0.25) is 0 Å². The number of urea groups is 1. The number of hydrogen-bond donors (Lipinski definition) is 3. The predicted molar refractivity (Wildman–Crippen MR) is 83.2 cm³/mol. The number of rotatable bonds is 6. The predicted octanol–water partition coefficient (Wildman–Crippen LogP) is 3.13. The number of nitrogens with one attached hydrogen (secondary N) is 2. The second kappa shape index (κ2) is 8.11. The van der Waals surface area contributed by atoms with Gasteiger partial charge in [-0.15, -0.1) is 0 Å². The number of aliphatic hydroxyl groups excluding tert-OH is 1. The van der Waals surface area contributed by atoms with Crippen molar-refractivity contribution in [2.75, 3.05) is 11.9 Å². The van der Waals surface area contributed by atoms with E-state index < -0.39 is 0 Å². The summed E-state index contributed by atoms with van der Waals surface area (Å²) in [6.45, 7) is 5.79. The number of anilines is 1. The van der Waals surface area contributed by atoms with E-state index in [0.29, 0.717) is 12.1 Å². The number of carbonyl (C=O) groups is 1. The second-order valence-electron chi connectivity index (χ2n) is 4.82. The van der Waals surface area contributed by atoms with Crippen molar-refractivity contribution in [1.82, 2.24) is 5.32 Å². The molecule has 0 aliphatic rings. The van der Waals surface area contributed by atoms with E-state index in [1.54, 1.807) is 18.2 Å². The van der Waals surface area contributed by atoms with Gasteiger partial charge in [-0.2, -0.15) is 0 Å². The molecule has 1 aromatic rings. The molecule has 1 rings (SSSR count). The van der Waals surface area contributed by atoms with Crippen LogP contribution in [0.15, 0.2) is 22.7 Å². The fourth-order valence-corrected chi connectivity index (χ4v) is 2.06. The van der Waals surface area contributed by atoms with Gasteiger partial charge in [0.15, 0.2) is 0 Å². The van der Waals surface area contributed by atoms with E-state index in [1.807, 2.05) is 20.8 Å². The molecule has 0 radical (unpaired) electrons. The Kier molecular flexibility index (Phi) is 6.81. The molecule has 5 nitrogen and oxygen atoms in total. The summed E-state index contributed by atoms with van der Waals surface area (Å²) in [6.07, 6.45) is 0.617. The van der Waals surface area contributed by atoms with Crippen molar-refractivity contribution in [3.63, 3.8) is 0 Å². The molecule has 0 aromatic heterocycles. The molecule has 2 amide bonds. The van der Waals surface area contributed by atoms with Crippen LogP contribution < -0.4 is 15.4 Å². The molecule has 0 aliphatic heterocycles. The van der Waals surface area contributed by atoms with Gasteiger partial charge >= 0.3 is 6.03 Å². The zero-order chi connectivity index (χ0) is 15.1. The Balaban J connectivity index is 2.60. The van der Waals surface area contributed by atoms with E-state index in [4.69, 9.17) is 9.84 Å². The largest absolute Gasteiger partial charge is 0.490 e. The Morgan fingerprint density at radius 2 is 2.10 bits per heavy atom. The highest BCUT2D eigenvalue weighted by molar-refractivity contribution is 9.10. The van der Waals surface area contributed by atoms with Crippen LogP contribution in [0.5, 0.6) is 5.75 Å². The molecular formula is C14H21BrN2O3. The first-order chi connectivity index (χ1) is 9.42. The highest BCUT2D eigenvalue weighted by Crippen LogP contribution is 2.28. The van der Waals surface area contributed by atoms with Crippen LogP contribution in [0.3, 0.4) is 0 Å². The number of benzene rings is 1. The first-order valence-corrected chi connectivity index (χ1v) is 7.36. The molecular weight excluding hydrogens is 324 g/mol. The SMILES string of the molecule is CC(C)Oc1ccc(NC(=O)N[C@H](C)CCO)cc1Br. The van der Waals surface area contributed by atoms with Gasteiger partial charge in [0, 0.05) is 18.3 Å². The molecule has 0 fully saturated rings. The molecule has 1 atom stereocenters. The smallest absolute Gasteiger partial charge is 0.319 e. The van der Waals surface area contributed by atoms with Crippen LogP contribution in [-0.2, 0) is 0 Å². The maximum atomic E-state index is 11.7. The molecule has 112 valence electrons. The fraction of sp³-hybridized carbons (Fsp3) is 0.500. The Hall–Kier alpha value is -1.27. The summed E-state index contributed by atoms with van der Waals surface area (Å²) in [5, 5.41) is 14.3. The lowest BCUT2D eigenvalue weighted by atomic mass is 10.2. The van der Waals surface area contributed by atoms with Crippen LogP contribution in [0.1, 0.15) is 27.2 Å². The highest BCUT2D eigenvalue weighted by atomic mass is 79.9. The summed E-state index contributed by atoms with van der Waals surface area (Å²) in [7, 11) is 0. The van der Waals surface area contributed by atoms with Gasteiger partial charge < -0.3 is 20.5 Å². The molecule has 0 saturated heterocycles. The number of aliphatic hydroxyl groups is 1. The maximum absolute atomic E-state index is 11.7. The molecule has 0 saturated carbocycles. The minimum Gasteiger partial charge on any atom is -0.490 e. The highest BCUT2D eigenvalue weighted by Gasteiger charge is 2.09. The molecule has 6 heteroatoms. The van der Waals surface area contributed by atoms with E-state index in [1.165, 1.54) is 0 Å². The summed E-state index contributed by atoms with van der Waals surface area (Å²) in [6, 6.07) is 4.99. The molecule has 0 heterocycles. The van der Waals surface area contributed by atoms with Crippen LogP contribution in [0, 0.1) is 0 Å². The zero-order valence-corrected chi connectivity index (χ0v) is 13.5. The van der Waals surface area contributed by atoms with Crippen LogP contribution in [0.2, 0.25) is 0 Å². The van der Waals surface area contributed by atoms with Crippen LogP contribution in [0.25, 0.3) is 0 Å². The maximum Gasteiger partial charge on any atom is 0.319 e. The van der Waals surface area contributed by atoms with Crippen LogP contribution in [-0.4, -0.2) is 29.9 Å². The van der Waals surface area contributed by atoms with Gasteiger partial charge in [-0.1, -0.05) is 0 Å². The monoisotopic (exact) mass is 344 g/mol. The Morgan fingerprint density at radius 3 is 2.65 bits per heavy atom. The quantitative estimate of drug-likeness (QED) is 0.742. The van der Waals surface area contributed by atoms with E-state index in [-0.39, 0.29) is 24.8 Å². The first kappa shape index (κ1) is 16.8. The number of hydrogen-bond acceptors (Lipinski definition) is 3.